The maximum atomic E-state index is 12.5. The molecule has 0 aliphatic rings. The quantitative estimate of drug-likeness (QED) is 0.497. The van der Waals surface area contributed by atoms with E-state index < -0.39 is 0 Å². The predicted octanol–water partition coefficient (Wildman–Crippen LogP) is 4.27. The summed E-state index contributed by atoms with van der Waals surface area (Å²) in [6.45, 7) is 6.57. The molecule has 1 N–H and O–H groups in total. The summed E-state index contributed by atoms with van der Waals surface area (Å²) in [6.07, 6.45) is 4.02. The van der Waals surface area contributed by atoms with Crippen molar-refractivity contribution in [1.82, 2.24) is 14.5 Å². The number of carbonyl (C=O) groups excluding carboxylic acids is 1. The van der Waals surface area contributed by atoms with Crippen molar-refractivity contribution in [2.45, 2.75) is 33.7 Å². The number of ether oxygens (including phenoxy) is 1. The fraction of sp³-hybridized carbons (Fsp3) is 0.261. The minimum absolute atomic E-state index is 0.0935. The first-order chi connectivity index (χ1) is 14.6. The number of aromatic nitrogens is 3. The zero-order valence-electron chi connectivity index (χ0n) is 17.3. The highest BCUT2D eigenvalue weighted by Gasteiger charge is 2.18. The molecule has 0 saturated heterocycles. The SMILES string of the molecule is CCc1cccc(OCC(=O)Nc2ncnc3c2c(C)c(C)n3Cc2ccco2)c1. The summed E-state index contributed by atoms with van der Waals surface area (Å²) in [6, 6.07) is 11.5. The van der Waals surface area contributed by atoms with E-state index in [0.29, 0.717) is 18.1 Å². The number of carbonyl (C=O) groups is 1. The average molecular weight is 404 g/mol. The van der Waals surface area contributed by atoms with E-state index in [0.717, 1.165) is 40.0 Å². The van der Waals surface area contributed by atoms with Crippen molar-refractivity contribution in [2.24, 2.45) is 0 Å². The Morgan fingerprint density at radius 2 is 2.07 bits per heavy atom. The molecule has 7 nitrogen and oxygen atoms in total. The van der Waals surface area contributed by atoms with Crippen LogP contribution in [-0.4, -0.2) is 27.0 Å². The van der Waals surface area contributed by atoms with Crippen LogP contribution in [0.1, 0.15) is 29.5 Å². The van der Waals surface area contributed by atoms with Crippen molar-refractivity contribution in [1.29, 1.82) is 0 Å². The van der Waals surface area contributed by atoms with Crippen LogP contribution in [-0.2, 0) is 17.8 Å². The molecule has 0 fully saturated rings. The number of fused-ring (bicyclic) bond motifs is 1. The summed E-state index contributed by atoms with van der Waals surface area (Å²) in [4.78, 5) is 21.3. The number of rotatable bonds is 7. The summed E-state index contributed by atoms with van der Waals surface area (Å²) in [5.41, 5.74) is 3.98. The second kappa shape index (κ2) is 8.41. The van der Waals surface area contributed by atoms with E-state index >= 15 is 0 Å². The number of amides is 1. The summed E-state index contributed by atoms with van der Waals surface area (Å²) >= 11 is 0. The summed E-state index contributed by atoms with van der Waals surface area (Å²) in [7, 11) is 0. The van der Waals surface area contributed by atoms with Crippen LogP contribution >= 0.6 is 0 Å². The first-order valence-electron chi connectivity index (χ1n) is 9.91. The fourth-order valence-corrected chi connectivity index (χ4v) is 3.49. The highest BCUT2D eigenvalue weighted by atomic mass is 16.5. The first kappa shape index (κ1) is 19.7. The standard InChI is InChI=1S/C23H24N4O3/c1-4-17-7-5-8-18(11-17)30-13-20(28)26-22-21-15(2)16(3)27(23(21)25-14-24-22)12-19-9-6-10-29-19/h5-11,14H,4,12-13H2,1-3H3,(H,24,25,26,28). The van der Waals surface area contributed by atoms with E-state index in [1.54, 1.807) is 6.26 Å². The van der Waals surface area contributed by atoms with Gasteiger partial charge in [0.25, 0.3) is 5.91 Å². The number of anilines is 1. The third-order valence-corrected chi connectivity index (χ3v) is 5.23. The highest BCUT2D eigenvalue weighted by Crippen LogP contribution is 2.29. The maximum Gasteiger partial charge on any atom is 0.263 e. The van der Waals surface area contributed by atoms with Crippen LogP contribution in [0.15, 0.2) is 53.4 Å². The normalized spacial score (nSPS) is 11.0. The van der Waals surface area contributed by atoms with E-state index in [4.69, 9.17) is 9.15 Å². The summed E-state index contributed by atoms with van der Waals surface area (Å²) in [5, 5.41) is 3.69. The number of furan rings is 1. The van der Waals surface area contributed by atoms with Crippen LogP contribution in [0, 0.1) is 13.8 Å². The third-order valence-electron chi connectivity index (χ3n) is 5.23. The van der Waals surface area contributed by atoms with Crippen LogP contribution in [0.2, 0.25) is 0 Å². The van der Waals surface area contributed by atoms with Crippen molar-refractivity contribution in [3.05, 3.63) is 71.6 Å². The lowest BCUT2D eigenvalue weighted by molar-refractivity contribution is -0.118. The number of hydrogen-bond acceptors (Lipinski definition) is 5. The van der Waals surface area contributed by atoms with Gasteiger partial charge < -0.3 is 19.0 Å². The minimum atomic E-state index is -0.271. The molecule has 0 bridgehead atoms. The fourth-order valence-electron chi connectivity index (χ4n) is 3.49. The highest BCUT2D eigenvalue weighted by molar-refractivity contribution is 6.01. The maximum absolute atomic E-state index is 12.5. The number of hydrogen-bond donors (Lipinski definition) is 1. The molecular formula is C23H24N4O3. The molecule has 0 radical (unpaired) electrons. The van der Waals surface area contributed by atoms with Gasteiger partial charge in [0.1, 0.15) is 29.3 Å². The van der Waals surface area contributed by atoms with Crippen LogP contribution < -0.4 is 10.1 Å². The van der Waals surface area contributed by atoms with Crippen LogP contribution in [0.4, 0.5) is 5.82 Å². The van der Waals surface area contributed by atoms with Gasteiger partial charge in [0.15, 0.2) is 6.61 Å². The minimum Gasteiger partial charge on any atom is -0.484 e. The van der Waals surface area contributed by atoms with Gasteiger partial charge in [-0.15, -0.1) is 0 Å². The monoisotopic (exact) mass is 404 g/mol. The molecule has 0 atom stereocenters. The molecule has 30 heavy (non-hydrogen) atoms. The van der Waals surface area contributed by atoms with Crippen molar-refractivity contribution in [3.8, 4) is 5.75 Å². The lowest BCUT2D eigenvalue weighted by Gasteiger charge is -2.09. The van der Waals surface area contributed by atoms with Gasteiger partial charge in [0.05, 0.1) is 18.2 Å². The van der Waals surface area contributed by atoms with Crippen molar-refractivity contribution in [3.63, 3.8) is 0 Å². The Kier molecular flexibility index (Phi) is 5.52. The first-order valence-corrected chi connectivity index (χ1v) is 9.91. The van der Waals surface area contributed by atoms with E-state index in [2.05, 4.69) is 26.8 Å². The lowest BCUT2D eigenvalue weighted by atomic mass is 10.2. The Morgan fingerprint density at radius 1 is 1.20 bits per heavy atom. The van der Waals surface area contributed by atoms with Gasteiger partial charge in [-0.3, -0.25) is 4.79 Å². The number of benzene rings is 1. The van der Waals surface area contributed by atoms with Gasteiger partial charge in [-0.25, -0.2) is 9.97 Å². The van der Waals surface area contributed by atoms with Crippen LogP contribution in [0.25, 0.3) is 11.0 Å². The predicted molar refractivity (Wildman–Crippen MR) is 115 cm³/mol. The van der Waals surface area contributed by atoms with Gasteiger partial charge in [-0.05, 0) is 55.7 Å². The summed E-state index contributed by atoms with van der Waals surface area (Å²) < 4.78 is 13.2. The molecule has 0 aliphatic heterocycles. The topological polar surface area (TPSA) is 82.2 Å². The van der Waals surface area contributed by atoms with Gasteiger partial charge in [-0.2, -0.15) is 0 Å². The number of nitrogens with zero attached hydrogens (tertiary/aromatic N) is 3. The number of nitrogens with one attached hydrogen (secondary N) is 1. The van der Waals surface area contributed by atoms with Gasteiger partial charge in [-0.1, -0.05) is 19.1 Å². The molecule has 0 unspecified atom stereocenters. The van der Waals surface area contributed by atoms with Crippen LogP contribution in [0.5, 0.6) is 5.75 Å². The molecule has 0 saturated carbocycles. The lowest BCUT2D eigenvalue weighted by Crippen LogP contribution is -2.21. The second-order valence-corrected chi connectivity index (χ2v) is 7.13. The zero-order valence-corrected chi connectivity index (χ0v) is 17.3. The van der Waals surface area contributed by atoms with Gasteiger partial charge in [0.2, 0.25) is 0 Å². The molecule has 4 aromatic rings. The van der Waals surface area contributed by atoms with E-state index in [1.165, 1.54) is 6.33 Å². The molecule has 1 aromatic carbocycles. The van der Waals surface area contributed by atoms with E-state index in [1.807, 2.05) is 50.2 Å². The van der Waals surface area contributed by atoms with E-state index in [9.17, 15) is 4.79 Å². The van der Waals surface area contributed by atoms with Crippen LogP contribution in [0.3, 0.4) is 0 Å². The molecule has 3 aromatic heterocycles. The largest absolute Gasteiger partial charge is 0.484 e. The zero-order chi connectivity index (χ0) is 21.1. The molecule has 154 valence electrons. The summed E-state index contributed by atoms with van der Waals surface area (Å²) in [5.74, 6) is 1.72. The average Bonchev–Trinajstić information content (AvgIpc) is 3.36. The Hall–Kier alpha value is -3.61. The molecular weight excluding hydrogens is 380 g/mol. The second-order valence-electron chi connectivity index (χ2n) is 7.13. The molecule has 0 spiro atoms. The molecule has 3 heterocycles. The van der Waals surface area contributed by atoms with Gasteiger partial charge in [0, 0.05) is 5.69 Å². The van der Waals surface area contributed by atoms with Crippen molar-refractivity contribution >= 4 is 22.8 Å². The number of aryl methyl sites for hydroxylation is 2. The Labute approximate surface area is 174 Å². The Bertz CT molecular complexity index is 1180. The molecule has 0 aliphatic carbocycles. The molecule has 7 heteroatoms. The third kappa shape index (κ3) is 3.91. The smallest absolute Gasteiger partial charge is 0.263 e. The molecule has 4 rings (SSSR count). The van der Waals surface area contributed by atoms with Gasteiger partial charge >= 0.3 is 0 Å². The van der Waals surface area contributed by atoms with Crippen molar-refractivity contribution in [2.75, 3.05) is 11.9 Å². The van der Waals surface area contributed by atoms with E-state index in [-0.39, 0.29) is 12.5 Å². The van der Waals surface area contributed by atoms with Crippen molar-refractivity contribution < 1.29 is 13.9 Å². The molecule has 1 amide bonds. The Morgan fingerprint density at radius 3 is 2.83 bits per heavy atom. The Balaban J connectivity index is 1.54.